The van der Waals surface area contributed by atoms with Gasteiger partial charge in [-0.05, 0) is 24.3 Å². The van der Waals surface area contributed by atoms with E-state index in [2.05, 4.69) is 10.3 Å². The number of carbonyl (C=O) groups excluding carboxylic acids is 1. The lowest BCUT2D eigenvalue weighted by Crippen LogP contribution is -2.54. The molecule has 2 unspecified atom stereocenters. The van der Waals surface area contributed by atoms with Crippen molar-refractivity contribution in [3.63, 3.8) is 0 Å². The van der Waals surface area contributed by atoms with E-state index in [0.29, 0.717) is 18.5 Å². The Hall–Kier alpha value is -1.93. The fraction of sp³-hybridized carbons (Fsp3) is 0.533. The maximum Gasteiger partial charge on any atom is 0.317 e. The zero-order valence-electron chi connectivity index (χ0n) is 13.2. The van der Waals surface area contributed by atoms with Crippen molar-refractivity contribution in [1.82, 2.24) is 19.8 Å². The molecule has 23 heavy (non-hydrogen) atoms. The van der Waals surface area contributed by atoms with Crippen LogP contribution in [0.3, 0.4) is 0 Å². The van der Waals surface area contributed by atoms with Gasteiger partial charge < -0.3 is 15.0 Å². The van der Waals surface area contributed by atoms with Crippen LogP contribution in [0.4, 0.5) is 4.79 Å². The Morgan fingerprint density at radius 2 is 2.39 bits per heavy atom. The summed E-state index contributed by atoms with van der Waals surface area (Å²) in [5.74, 6) is 0. The molecule has 1 fully saturated rings. The van der Waals surface area contributed by atoms with Gasteiger partial charge in [0.1, 0.15) is 4.83 Å². The highest BCUT2D eigenvalue weighted by atomic mass is 32.1. The number of amides is 2. The summed E-state index contributed by atoms with van der Waals surface area (Å²) in [6, 6.07) is 1.76. The molecule has 1 N–H and O–H groups in total. The molecule has 2 heterocycles. The molecule has 124 valence electrons. The van der Waals surface area contributed by atoms with Gasteiger partial charge in [-0.2, -0.15) is 0 Å². The number of nitrogens with zero attached hydrogens (tertiary/aromatic N) is 3. The van der Waals surface area contributed by atoms with Crippen molar-refractivity contribution < 1.29 is 9.53 Å². The molecule has 1 aliphatic carbocycles. The van der Waals surface area contributed by atoms with Gasteiger partial charge in [-0.1, -0.05) is 0 Å². The molecule has 2 amide bonds. The van der Waals surface area contributed by atoms with E-state index in [9.17, 15) is 9.59 Å². The molecule has 7 nitrogen and oxygen atoms in total. The molecule has 1 saturated carbocycles. The smallest absolute Gasteiger partial charge is 0.317 e. The molecule has 3 rings (SSSR count). The third-order valence-corrected chi connectivity index (χ3v) is 5.20. The second-order valence-corrected chi connectivity index (χ2v) is 6.54. The molecule has 0 aliphatic heterocycles. The highest BCUT2D eigenvalue weighted by Gasteiger charge is 2.36. The predicted octanol–water partition coefficient (Wildman–Crippen LogP) is 1.28. The molecule has 0 aromatic carbocycles. The zero-order valence-corrected chi connectivity index (χ0v) is 14.0. The van der Waals surface area contributed by atoms with Crippen LogP contribution in [0, 0.1) is 0 Å². The lowest BCUT2D eigenvalue weighted by Gasteiger charge is -2.41. The molecular formula is C15H20N4O3S. The molecule has 1 aliphatic rings. The zero-order chi connectivity index (χ0) is 16.4. The Morgan fingerprint density at radius 3 is 3.09 bits per heavy atom. The number of rotatable bonds is 5. The van der Waals surface area contributed by atoms with Crippen LogP contribution >= 0.6 is 11.3 Å². The van der Waals surface area contributed by atoms with Crippen molar-refractivity contribution in [2.24, 2.45) is 0 Å². The van der Waals surface area contributed by atoms with E-state index in [1.54, 1.807) is 25.1 Å². The molecule has 0 saturated heterocycles. The lowest BCUT2D eigenvalue weighted by molar-refractivity contribution is -0.0268. The van der Waals surface area contributed by atoms with Crippen LogP contribution in [0.15, 0.2) is 22.6 Å². The summed E-state index contributed by atoms with van der Waals surface area (Å²) in [4.78, 5) is 31.0. The Kier molecular flexibility index (Phi) is 4.63. The maximum absolute atomic E-state index is 12.2. The van der Waals surface area contributed by atoms with E-state index in [1.165, 1.54) is 22.2 Å². The summed E-state index contributed by atoms with van der Waals surface area (Å²) in [5, 5.41) is 5.32. The molecule has 0 bridgehead atoms. The summed E-state index contributed by atoms with van der Waals surface area (Å²) in [7, 11) is 3.44. The lowest BCUT2D eigenvalue weighted by atomic mass is 9.88. The first-order valence-electron chi connectivity index (χ1n) is 7.58. The van der Waals surface area contributed by atoms with Crippen LogP contribution in [0.25, 0.3) is 10.2 Å². The molecule has 2 aromatic heterocycles. The van der Waals surface area contributed by atoms with Crippen LogP contribution in [-0.4, -0.2) is 53.3 Å². The molecule has 0 spiro atoms. The van der Waals surface area contributed by atoms with Crippen molar-refractivity contribution in [2.75, 3.05) is 20.7 Å². The van der Waals surface area contributed by atoms with Gasteiger partial charge in [0.2, 0.25) is 0 Å². The van der Waals surface area contributed by atoms with Gasteiger partial charge in [0, 0.05) is 27.2 Å². The van der Waals surface area contributed by atoms with Gasteiger partial charge in [0.25, 0.3) is 5.56 Å². The van der Waals surface area contributed by atoms with E-state index < -0.39 is 0 Å². The van der Waals surface area contributed by atoms with Gasteiger partial charge in [-0.25, -0.2) is 9.78 Å². The minimum absolute atomic E-state index is 0.0720. The number of aromatic nitrogens is 2. The standard InChI is InChI=1S/C15H20N4O3S/c1-18(11-3-4-12(11)22-2)15(21)16-6-7-19-9-17-13-10(14(19)20)5-8-23-13/h5,8-9,11-12H,3-4,6-7H2,1-2H3,(H,16,21). The van der Waals surface area contributed by atoms with Crippen molar-refractivity contribution in [2.45, 2.75) is 31.5 Å². The number of ether oxygens (including phenoxy) is 1. The Balaban J connectivity index is 1.55. The van der Waals surface area contributed by atoms with Crippen LogP contribution in [0.5, 0.6) is 0 Å². The second-order valence-electron chi connectivity index (χ2n) is 5.64. The number of carbonyl (C=O) groups is 1. The van der Waals surface area contributed by atoms with E-state index in [-0.39, 0.29) is 23.7 Å². The highest BCUT2D eigenvalue weighted by Crippen LogP contribution is 2.27. The quantitative estimate of drug-likeness (QED) is 0.892. The van der Waals surface area contributed by atoms with Crippen molar-refractivity contribution in [3.05, 3.63) is 28.1 Å². The van der Waals surface area contributed by atoms with Crippen LogP contribution in [0.2, 0.25) is 0 Å². The molecule has 2 aromatic rings. The van der Waals surface area contributed by atoms with Crippen molar-refractivity contribution >= 4 is 27.6 Å². The number of fused-ring (bicyclic) bond motifs is 1. The topological polar surface area (TPSA) is 76.5 Å². The summed E-state index contributed by atoms with van der Waals surface area (Å²) in [6.07, 6.45) is 3.60. The molecule has 8 heteroatoms. The van der Waals surface area contributed by atoms with Gasteiger partial charge in [-0.3, -0.25) is 9.36 Å². The molecule has 2 atom stereocenters. The first kappa shape index (κ1) is 15.9. The van der Waals surface area contributed by atoms with Crippen molar-refractivity contribution in [3.8, 4) is 0 Å². The fourth-order valence-corrected chi connectivity index (χ4v) is 3.50. The molecular weight excluding hydrogens is 316 g/mol. The minimum Gasteiger partial charge on any atom is -0.379 e. The van der Waals surface area contributed by atoms with Crippen LogP contribution in [-0.2, 0) is 11.3 Å². The van der Waals surface area contributed by atoms with E-state index in [1.807, 2.05) is 5.38 Å². The number of likely N-dealkylation sites (N-methyl/N-ethyl adjacent to an activating group) is 1. The number of urea groups is 1. The van der Waals surface area contributed by atoms with Crippen LogP contribution in [0.1, 0.15) is 12.8 Å². The number of thiophene rings is 1. The Labute approximate surface area is 137 Å². The van der Waals surface area contributed by atoms with Crippen molar-refractivity contribution in [1.29, 1.82) is 0 Å². The fourth-order valence-electron chi connectivity index (χ4n) is 2.78. The number of hydrogen-bond acceptors (Lipinski definition) is 5. The van der Waals surface area contributed by atoms with Gasteiger partial charge in [0.15, 0.2) is 0 Å². The highest BCUT2D eigenvalue weighted by molar-refractivity contribution is 7.16. The predicted molar refractivity (Wildman–Crippen MR) is 88.9 cm³/mol. The Morgan fingerprint density at radius 1 is 1.57 bits per heavy atom. The maximum atomic E-state index is 12.2. The molecule has 0 radical (unpaired) electrons. The number of methoxy groups -OCH3 is 1. The van der Waals surface area contributed by atoms with Crippen LogP contribution < -0.4 is 10.9 Å². The monoisotopic (exact) mass is 336 g/mol. The minimum atomic E-state index is -0.144. The average Bonchev–Trinajstić information content (AvgIpc) is 2.98. The first-order valence-corrected chi connectivity index (χ1v) is 8.46. The second kappa shape index (κ2) is 6.67. The van der Waals surface area contributed by atoms with Gasteiger partial charge in [0.05, 0.1) is 23.9 Å². The first-order chi connectivity index (χ1) is 11.1. The van der Waals surface area contributed by atoms with E-state index in [0.717, 1.165) is 17.7 Å². The average molecular weight is 336 g/mol. The number of hydrogen-bond donors (Lipinski definition) is 1. The summed E-state index contributed by atoms with van der Waals surface area (Å²) >= 11 is 1.44. The largest absolute Gasteiger partial charge is 0.379 e. The van der Waals surface area contributed by atoms with E-state index >= 15 is 0 Å². The third-order valence-electron chi connectivity index (χ3n) is 4.38. The summed E-state index contributed by atoms with van der Waals surface area (Å²) in [6.45, 7) is 0.778. The normalized spacial score (nSPS) is 20.3. The summed E-state index contributed by atoms with van der Waals surface area (Å²) in [5.41, 5.74) is -0.0720. The number of nitrogens with one attached hydrogen (secondary N) is 1. The van der Waals surface area contributed by atoms with Gasteiger partial charge >= 0.3 is 6.03 Å². The SMILES string of the molecule is COC1CCC1N(C)C(=O)NCCn1cnc2sccc2c1=O. The summed E-state index contributed by atoms with van der Waals surface area (Å²) < 4.78 is 6.84. The van der Waals surface area contributed by atoms with Gasteiger partial charge in [-0.15, -0.1) is 11.3 Å². The Bertz CT molecular complexity index is 755. The third kappa shape index (κ3) is 3.09. The van der Waals surface area contributed by atoms with E-state index in [4.69, 9.17) is 4.74 Å².